The molecule has 0 unspecified atom stereocenters. The normalized spacial score (nSPS) is 11.3. The van der Waals surface area contributed by atoms with Gasteiger partial charge in [0.25, 0.3) is 0 Å². The fourth-order valence-electron chi connectivity index (χ4n) is 1.70. The lowest BCUT2D eigenvalue weighted by Crippen LogP contribution is -2.15. The van der Waals surface area contributed by atoms with Crippen LogP contribution in [0, 0.1) is 6.92 Å². The van der Waals surface area contributed by atoms with E-state index in [1.807, 2.05) is 19.1 Å². The number of hydrogen-bond acceptors (Lipinski definition) is 2. The highest BCUT2D eigenvalue weighted by Gasteiger charge is 2.16. The number of halogens is 2. The largest absolute Gasteiger partial charge is 0.283 e. The predicted octanol–water partition coefficient (Wildman–Crippen LogP) is 4.24. The average Bonchev–Trinajstić information content (AvgIpc) is 2.37. The van der Waals surface area contributed by atoms with Crippen molar-refractivity contribution in [2.24, 2.45) is 0 Å². The summed E-state index contributed by atoms with van der Waals surface area (Å²) in [5.41, 5.74) is 1.97. The number of sulfonamides is 1. The van der Waals surface area contributed by atoms with Crippen LogP contribution < -0.4 is 4.72 Å². The number of aryl methyl sites for hydroxylation is 1. The maximum absolute atomic E-state index is 12.1. The number of nitrogens with one attached hydrogen (secondary N) is 1. The van der Waals surface area contributed by atoms with Gasteiger partial charge in [-0.2, -0.15) is 0 Å². The molecule has 106 valence electrons. The van der Waals surface area contributed by atoms with E-state index >= 15 is 0 Å². The van der Waals surface area contributed by atoms with E-state index < -0.39 is 10.0 Å². The summed E-state index contributed by atoms with van der Waals surface area (Å²) in [6, 6.07) is 12.0. The Bertz CT molecular complexity index is 692. The third-order valence-electron chi connectivity index (χ3n) is 2.72. The van der Waals surface area contributed by atoms with Crippen molar-refractivity contribution in [1.82, 2.24) is 0 Å². The molecule has 3 nitrogen and oxygen atoms in total. The van der Waals surface area contributed by atoms with Gasteiger partial charge in [-0.05, 0) is 31.2 Å². The van der Waals surface area contributed by atoms with Crippen LogP contribution in [0.25, 0.3) is 0 Å². The third-order valence-corrected chi connectivity index (χ3v) is 4.64. The van der Waals surface area contributed by atoms with Crippen molar-refractivity contribution >= 4 is 38.9 Å². The number of rotatable bonds is 4. The molecule has 0 aliphatic carbocycles. The zero-order valence-electron chi connectivity index (χ0n) is 10.7. The van der Waals surface area contributed by atoms with Gasteiger partial charge in [0.2, 0.25) is 10.0 Å². The highest BCUT2D eigenvalue weighted by molar-refractivity contribution is 7.91. The van der Waals surface area contributed by atoms with Gasteiger partial charge in [-0.25, -0.2) is 8.42 Å². The molecule has 0 aromatic heterocycles. The van der Waals surface area contributed by atoms with Crippen LogP contribution in [0.2, 0.25) is 10.0 Å². The van der Waals surface area contributed by atoms with Crippen molar-refractivity contribution in [3.8, 4) is 0 Å². The first-order chi connectivity index (χ1) is 9.37. The highest BCUT2D eigenvalue weighted by Crippen LogP contribution is 2.26. The van der Waals surface area contributed by atoms with Gasteiger partial charge in [0.1, 0.15) is 0 Å². The second kappa shape index (κ2) is 6.04. The van der Waals surface area contributed by atoms with Gasteiger partial charge in [-0.3, -0.25) is 4.72 Å². The standard InChI is InChI=1S/C14H13Cl2NO2S/c1-10-5-7-11(8-6-10)17-20(18,19)9-12-13(15)3-2-4-14(12)16/h2-8,17H,9H2,1H3. The molecule has 0 bridgehead atoms. The summed E-state index contributed by atoms with van der Waals surface area (Å²) < 4.78 is 26.8. The first kappa shape index (κ1) is 15.2. The van der Waals surface area contributed by atoms with Crippen LogP contribution in [0.4, 0.5) is 5.69 Å². The second-order valence-electron chi connectivity index (χ2n) is 4.43. The number of benzene rings is 2. The van der Waals surface area contributed by atoms with Gasteiger partial charge in [-0.1, -0.05) is 47.0 Å². The van der Waals surface area contributed by atoms with Gasteiger partial charge >= 0.3 is 0 Å². The van der Waals surface area contributed by atoms with E-state index in [0.717, 1.165) is 5.56 Å². The Balaban J connectivity index is 2.21. The maximum atomic E-state index is 12.1. The van der Waals surface area contributed by atoms with Crippen LogP contribution in [-0.4, -0.2) is 8.42 Å². The lowest BCUT2D eigenvalue weighted by atomic mass is 10.2. The van der Waals surface area contributed by atoms with Crippen molar-refractivity contribution < 1.29 is 8.42 Å². The molecule has 0 spiro atoms. The molecule has 0 atom stereocenters. The molecule has 2 aromatic carbocycles. The summed E-state index contributed by atoms with van der Waals surface area (Å²) >= 11 is 12.0. The fraction of sp³-hybridized carbons (Fsp3) is 0.143. The van der Waals surface area contributed by atoms with Crippen LogP contribution >= 0.6 is 23.2 Å². The van der Waals surface area contributed by atoms with Crippen molar-refractivity contribution in [3.05, 3.63) is 63.6 Å². The van der Waals surface area contributed by atoms with E-state index in [1.165, 1.54) is 0 Å². The molecule has 2 aromatic rings. The van der Waals surface area contributed by atoms with E-state index in [1.54, 1.807) is 30.3 Å². The van der Waals surface area contributed by atoms with Crippen molar-refractivity contribution in [2.45, 2.75) is 12.7 Å². The molecule has 2 rings (SSSR count). The Labute approximate surface area is 128 Å². The van der Waals surface area contributed by atoms with Crippen LogP contribution in [0.1, 0.15) is 11.1 Å². The zero-order chi connectivity index (χ0) is 14.8. The summed E-state index contributed by atoms with van der Waals surface area (Å²) in [4.78, 5) is 0. The molecule has 0 aliphatic heterocycles. The molecule has 0 aliphatic rings. The smallest absolute Gasteiger partial charge is 0.237 e. The van der Waals surface area contributed by atoms with Gasteiger partial charge in [-0.15, -0.1) is 0 Å². The Hall–Kier alpha value is -1.23. The second-order valence-corrected chi connectivity index (χ2v) is 6.96. The van der Waals surface area contributed by atoms with Crippen LogP contribution in [0.5, 0.6) is 0 Å². The first-order valence-electron chi connectivity index (χ1n) is 5.87. The minimum absolute atomic E-state index is 0.265. The van der Waals surface area contributed by atoms with Crippen molar-refractivity contribution in [2.75, 3.05) is 4.72 Å². The average molecular weight is 330 g/mol. The first-order valence-corrected chi connectivity index (χ1v) is 8.28. The summed E-state index contributed by atoms with van der Waals surface area (Å²) in [5, 5.41) is 0.679. The molecule has 6 heteroatoms. The number of anilines is 1. The van der Waals surface area contributed by atoms with E-state index in [0.29, 0.717) is 21.3 Å². The minimum Gasteiger partial charge on any atom is -0.283 e. The van der Waals surface area contributed by atoms with Gasteiger partial charge in [0.15, 0.2) is 0 Å². The topological polar surface area (TPSA) is 46.2 Å². The van der Waals surface area contributed by atoms with Gasteiger partial charge in [0, 0.05) is 21.3 Å². The lowest BCUT2D eigenvalue weighted by molar-refractivity contribution is 0.600. The van der Waals surface area contributed by atoms with E-state index in [2.05, 4.69) is 4.72 Å². The van der Waals surface area contributed by atoms with E-state index in [-0.39, 0.29) is 5.75 Å². The summed E-state index contributed by atoms with van der Waals surface area (Å²) in [6.45, 7) is 1.93. The Morgan fingerprint density at radius 1 is 1.00 bits per heavy atom. The molecule has 0 saturated heterocycles. The molecule has 20 heavy (non-hydrogen) atoms. The Morgan fingerprint density at radius 2 is 1.55 bits per heavy atom. The van der Waals surface area contributed by atoms with E-state index in [9.17, 15) is 8.42 Å². The van der Waals surface area contributed by atoms with Crippen LogP contribution in [0.3, 0.4) is 0 Å². The SMILES string of the molecule is Cc1ccc(NS(=O)(=O)Cc2c(Cl)cccc2Cl)cc1. The summed E-state index contributed by atoms with van der Waals surface area (Å²) in [7, 11) is -3.56. The lowest BCUT2D eigenvalue weighted by Gasteiger charge is -2.10. The molecule has 1 N–H and O–H groups in total. The fourth-order valence-corrected chi connectivity index (χ4v) is 3.65. The van der Waals surface area contributed by atoms with E-state index in [4.69, 9.17) is 23.2 Å². The molecular formula is C14H13Cl2NO2S. The maximum Gasteiger partial charge on any atom is 0.237 e. The third kappa shape index (κ3) is 3.88. The van der Waals surface area contributed by atoms with Crippen LogP contribution in [0.15, 0.2) is 42.5 Å². The van der Waals surface area contributed by atoms with Crippen molar-refractivity contribution in [3.63, 3.8) is 0 Å². The van der Waals surface area contributed by atoms with Gasteiger partial charge in [0.05, 0.1) is 5.75 Å². The molecular weight excluding hydrogens is 317 g/mol. The summed E-state index contributed by atoms with van der Waals surface area (Å²) in [5.74, 6) is -0.265. The quantitative estimate of drug-likeness (QED) is 0.911. The molecule has 0 saturated carbocycles. The Kier molecular flexibility index (Phi) is 4.58. The molecule has 0 fully saturated rings. The predicted molar refractivity (Wildman–Crippen MR) is 83.9 cm³/mol. The molecule has 0 amide bonds. The Morgan fingerprint density at radius 3 is 2.10 bits per heavy atom. The molecule has 0 radical (unpaired) electrons. The highest BCUT2D eigenvalue weighted by atomic mass is 35.5. The van der Waals surface area contributed by atoms with Crippen molar-refractivity contribution in [1.29, 1.82) is 0 Å². The molecule has 0 heterocycles. The minimum atomic E-state index is -3.56. The number of hydrogen-bond donors (Lipinski definition) is 1. The monoisotopic (exact) mass is 329 g/mol. The zero-order valence-corrected chi connectivity index (χ0v) is 13.1. The van der Waals surface area contributed by atoms with Gasteiger partial charge < -0.3 is 0 Å². The van der Waals surface area contributed by atoms with Crippen LogP contribution in [-0.2, 0) is 15.8 Å². The summed E-state index contributed by atoms with van der Waals surface area (Å²) in [6.07, 6.45) is 0.